The first-order valence-corrected chi connectivity index (χ1v) is 10.3. The second kappa shape index (κ2) is 9.04. The third-order valence-corrected chi connectivity index (χ3v) is 5.46. The van der Waals surface area contributed by atoms with Crippen molar-refractivity contribution >= 4 is 11.6 Å². The topological polar surface area (TPSA) is 80.3 Å². The molecule has 2 N–H and O–H groups in total. The standard InChI is InChI=1S/C23H28N2O5/c1-17(26)24-19-6-8-21(9-7-19)28-16-20(27)14-25-12-10-23(11-13-25)29-15-18-4-2-3-5-22(18)30-23/h2-9,20,27H,10-16H2,1H3,(H,24,26). The first-order chi connectivity index (χ1) is 14.5. The van der Waals surface area contributed by atoms with Crippen LogP contribution in [-0.4, -0.2) is 54.0 Å². The zero-order valence-electron chi connectivity index (χ0n) is 17.2. The molecule has 0 aliphatic carbocycles. The Morgan fingerprint density at radius 3 is 2.67 bits per heavy atom. The van der Waals surface area contributed by atoms with Crippen LogP contribution in [0.25, 0.3) is 0 Å². The molecule has 1 atom stereocenters. The van der Waals surface area contributed by atoms with Gasteiger partial charge < -0.3 is 29.5 Å². The van der Waals surface area contributed by atoms with Gasteiger partial charge in [0.05, 0.1) is 6.61 Å². The number of β-amino-alcohol motifs (C(OH)–C–C–N with tert-alkyl or cyclic N) is 1. The van der Waals surface area contributed by atoms with Crippen molar-refractivity contribution in [3.63, 3.8) is 0 Å². The number of nitrogens with zero attached hydrogens (tertiary/aromatic N) is 1. The van der Waals surface area contributed by atoms with Crippen LogP contribution in [0.5, 0.6) is 11.5 Å². The normalized spacial score (nSPS) is 18.9. The van der Waals surface area contributed by atoms with E-state index in [0.717, 1.165) is 37.2 Å². The van der Waals surface area contributed by atoms with E-state index in [0.29, 0.717) is 24.6 Å². The van der Waals surface area contributed by atoms with Gasteiger partial charge in [0.2, 0.25) is 11.7 Å². The first-order valence-electron chi connectivity index (χ1n) is 10.3. The van der Waals surface area contributed by atoms with Gasteiger partial charge in [-0.1, -0.05) is 18.2 Å². The predicted octanol–water partition coefficient (Wildman–Crippen LogP) is 2.79. The molecule has 160 valence electrons. The summed E-state index contributed by atoms with van der Waals surface area (Å²) in [6.45, 7) is 4.38. The van der Waals surface area contributed by atoms with E-state index in [4.69, 9.17) is 14.2 Å². The average Bonchev–Trinajstić information content (AvgIpc) is 2.75. The van der Waals surface area contributed by atoms with Crippen molar-refractivity contribution in [2.45, 2.75) is 38.3 Å². The number of anilines is 1. The Kier molecular flexibility index (Phi) is 6.22. The second-order valence-corrected chi connectivity index (χ2v) is 7.88. The molecule has 2 aromatic rings. The lowest BCUT2D eigenvalue weighted by Gasteiger charge is -2.44. The van der Waals surface area contributed by atoms with Crippen LogP contribution in [-0.2, 0) is 16.1 Å². The van der Waals surface area contributed by atoms with Crippen LogP contribution in [0.15, 0.2) is 48.5 Å². The number of aliphatic hydroxyl groups is 1. The quantitative estimate of drug-likeness (QED) is 0.760. The van der Waals surface area contributed by atoms with Gasteiger partial charge in [-0.15, -0.1) is 0 Å². The Bertz CT molecular complexity index is 862. The highest BCUT2D eigenvalue weighted by Gasteiger charge is 2.41. The molecule has 1 unspecified atom stereocenters. The lowest BCUT2D eigenvalue weighted by atomic mass is 10.0. The summed E-state index contributed by atoms with van der Waals surface area (Å²) in [5.74, 6) is 0.899. The fourth-order valence-electron chi connectivity index (χ4n) is 3.87. The van der Waals surface area contributed by atoms with E-state index < -0.39 is 11.9 Å². The second-order valence-electron chi connectivity index (χ2n) is 7.88. The van der Waals surface area contributed by atoms with Gasteiger partial charge in [-0.3, -0.25) is 4.79 Å². The summed E-state index contributed by atoms with van der Waals surface area (Å²) in [5.41, 5.74) is 1.80. The summed E-state index contributed by atoms with van der Waals surface area (Å²) in [6.07, 6.45) is 0.932. The number of ether oxygens (including phenoxy) is 3. The molecule has 1 spiro atoms. The molecule has 1 fully saturated rings. The third kappa shape index (κ3) is 5.11. The third-order valence-electron chi connectivity index (χ3n) is 5.46. The minimum absolute atomic E-state index is 0.115. The molecule has 0 aromatic heterocycles. The van der Waals surface area contributed by atoms with Crippen molar-refractivity contribution in [3.8, 4) is 11.5 Å². The van der Waals surface area contributed by atoms with Crippen molar-refractivity contribution < 1.29 is 24.1 Å². The van der Waals surface area contributed by atoms with Crippen molar-refractivity contribution in [2.24, 2.45) is 0 Å². The number of rotatable bonds is 6. The smallest absolute Gasteiger partial charge is 0.221 e. The summed E-state index contributed by atoms with van der Waals surface area (Å²) in [6, 6.07) is 15.1. The molecule has 1 saturated heterocycles. The molecule has 2 aromatic carbocycles. The van der Waals surface area contributed by atoms with Crippen molar-refractivity contribution in [3.05, 3.63) is 54.1 Å². The van der Waals surface area contributed by atoms with Gasteiger partial charge in [0, 0.05) is 50.7 Å². The Hall–Kier alpha value is -2.61. The zero-order chi connectivity index (χ0) is 21.0. The van der Waals surface area contributed by atoms with E-state index in [-0.39, 0.29) is 12.5 Å². The molecule has 7 nitrogen and oxygen atoms in total. The number of amides is 1. The molecular weight excluding hydrogens is 384 g/mol. The number of likely N-dealkylation sites (tertiary alicyclic amines) is 1. The summed E-state index contributed by atoms with van der Waals surface area (Å²) in [4.78, 5) is 13.3. The van der Waals surface area contributed by atoms with Gasteiger partial charge in [-0.25, -0.2) is 0 Å². The number of hydrogen-bond acceptors (Lipinski definition) is 6. The van der Waals surface area contributed by atoms with Gasteiger partial charge >= 0.3 is 0 Å². The largest absolute Gasteiger partial charge is 0.491 e. The Morgan fingerprint density at radius 2 is 1.93 bits per heavy atom. The monoisotopic (exact) mass is 412 g/mol. The minimum Gasteiger partial charge on any atom is -0.491 e. The van der Waals surface area contributed by atoms with Crippen LogP contribution in [0.2, 0.25) is 0 Å². The Balaban J connectivity index is 1.21. The SMILES string of the molecule is CC(=O)Nc1ccc(OCC(O)CN2CCC3(CC2)OCc2ccccc2O3)cc1. The van der Waals surface area contributed by atoms with Gasteiger partial charge in [0.15, 0.2) is 0 Å². The van der Waals surface area contributed by atoms with Gasteiger partial charge in [-0.2, -0.15) is 0 Å². The molecule has 7 heteroatoms. The number of hydrogen-bond donors (Lipinski definition) is 2. The highest BCUT2D eigenvalue weighted by Crippen LogP contribution is 2.37. The summed E-state index contributed by atoms with van der Waals surface area (Å²) < 4.78 is 17.9. The maximum atomic E-state index is 11.1. The number of piperidine rings is 1. The molecule has 1 amide bonds. The molecule has 2 aliphatic heterocycles. The first kappa shape index (κ1) is 20.7. The van der Waals surface area contributed by atoms with Crippen molar-refractivity contribution in [1.82, 2.24) is 4.90 Å². The maximum absolute atomic E-state index is 11.1. The number of benzene rings is 2. The highest BCUT2D eigenvalue weighted by molar-refractivity contribution is 5.88. The number of carbonyl (C=O) groups excluding carboxylic acids is 1. The fraction of sp³-hybridized carbons (Fsp3) is 0.435. The van der Waals surface area contributed by atoms with E-state index in [9.17, 15) is 9.90 Å². The van der Waals surface area contributed by atoms with E-state index in [1.165, 1.54) is 6.92 Å². The van der Waals surface area contributed by atoms with Crippen molar-refractivity contribution in [1.29, 1.82) is 0 Å². The van der Waals surface area contributed by atoms with E-state index in [1.807, 2.05) is 24.3 Å². The van der Waals surface area contributed by atoms with Crippen LogP contribution < -0.4 is 14.8 Å². The number of aliphatic hydroxyl groups excluding tert-OH is 1. The van der Waals surface area contributed by atoms with E-state index in [1.54, 1.807) is 24.3 Å². The zero-order valence-corrected chi connectivity index (χ0v) is 17.2. The molecule has 2 aliphatic rings. The molecular formula is C23H28N2O5. The Labute approximate surface area is 176 Å². The number of carbonyl (C=O) groups is 1. The van der Waals surface area contributed by atoms with Crippen LogP contribution >= 0.6 is 0 Å². The molecule has 4 rings (SSSR count). The number of nitrogens with one attached hydrogen (secondary N) is 1. The van der Waals surface area contributed by atoms with E-state index >= 15 is 0 Å². The minimum atomic E-state index is -0.594. The molecule has 30 heavy (non-hydrogen) atoms. The van der Waals surface area contributed by atoms with Crippen molar-refractivity contribution in [2.75, 3.05) is 31.6 Å². The molecule has 0 saturated carbocycles. The van der Waals surface area contributed by atoms with Crippen LogP contribution in [0.4, 0.5) is 5.69 Å². The molecule has 0 bridgehead atoms. The number of fused-ring (bicyclic) bond motifs is 1. The van der Waals surface area contributed by atoms with Gasteiger partial charge in [0.25, 0.3) is 0 Å². The number of para-hydroxylation sites is 1. The summed E-state index contributed by atoms with van der Waals surface area (Å²) in [7, 11) is 0. The lowest BCUT2D eigenvalue weighted by molar-refractivity contribution is -0.229. The highest BCUT2D eigenvalue weighted by atomic mass is 16.7. The lowest BCUT2D eigenvalue weighted by Crippen LogP contribution is -2.52. The van der Waals surface area contributed by atoms with Gasteiger partial charge in [0.1, 0.15) is 24.2 Å². The van der Waals surface area contributed by atoms with Gasteiger partial charge in [-0.05, 0) is 30.3 Å². The summed E-state index contributed by atoms with van der Waals surface area (Å²) >= 11 is 0. The van der Waals surface area contributed by atoms with Crippen LogP contribution in [0.3, 0.4) is 0 Å². The van der Waals surface area contributed by atoms with Crippen LogP contribution in [0, 0.1) is 0 Å². The summed E-state index contributed by atoms with van der Waals surface area (Å²) in [5, 5.41) is 13.1. The maximum Gasteiger partial charge on any atom is 0.221 e. The van der Waals surface area contributed by atoms with Crippen LogP contribution in [0.1, 0.15) is 25.3 Å². The fourth-order valence-corrected chi connectivity index (χ4v) is 3.87. The Morgan fingerprint density at radius 1 is 1.20 bits per heavy atom. The predicted molar refractivity (Wildman–Crippen MR) is 113 cm³/mol. The molecule has 0 radical (unpaired) electrons. The average molecular weight is 412 g/mol. The molecule has 2 heterocycles. The van der Waals surface area contributed by atoms with E-state index in [2.05, 4.69) is 10.2 Å².